The first-order chi connectivity index (χ1) is 9.06. The van der Waals surface area contributed by atoms with Crippen LogP contribution in [0.5, 0.6) is 0 Å². The Kier molecular flexibility index (Phi) is 3.71. The van der Waals surface area contributed by atoms with Gasteiger partial charge in [-0.2, -0.15) is 0 Å². The lowest BCUT2D eigenvalue weighted by Gasteiger charge is -2.05. The highest BCUT2D eigenvalue weighted by molar-refractivity contribution is 6.03. The summed E-state index contributed by atoms with van der Waals surface area (Å²) in [4.78, 5) is 27.1. The molecule has 0 bridgehead atoms. The molecule has 4 nitrogen and oxygen atoms in total. The maximum atomic E-state index is 11.9. The molecule has 0 aliphatic heterocycles. The van der Waals surface area contributed by atoms with E-state index in [2.05, 4.69) is 10.3 Å². The number of amides is 1. The molecule has 1 N–H and O–H groups in total. The van der Waals surface area contributed by atoms with E-state index in [0.717, 1.165) is 5.56 Å². The molecule has 1 aromatic carbocycles. The van der Waals surface area contributed by atoms with Crippen LogP contribution in [-0.4, -0.2) is 16.7 Å². The molecule has 2 aromatic rings. The van der Waals surface area contributed by atoms with Gasteiger partial charge >= 0.3 is 0 Å². The molecule has 0 fully saturated rings. The average molecular weight is 254 g/mol. The Labute approximate surface area is 111 Å². The zero-order valence-corrected chi connectivity index (χ0v) is 10.8. The van der Waals surface area contributed by atoms with Crippen LogP contribution in [0.25, 0.3) is 0 Å². The Hall–Kier alpha value is -2.49. The highest BCUT2D eigenvalue weighted by Crippen LogP contribution is 2.11. The first-order valence-electron chi connectivity index (χ1n) is 5.91. The molecule has 96 valence electrons. The van der Waals surface area contributed by atoms with Crippen LogP contribution in [0, 0.1) is 6.92 Å². The molecular weight excluding hydrogens is 240 g/mol. The molecule has 0 radical (unpaired) electrons. The maximum Gasteiger partial charge on any atom is 0.274 e. The van der Waals surface area contributed by atoms with Gasteiger partial charge < -0.3 is 5.32 Å². The van der Waals surface area contributed by atoms with Gasteiger partial charge in [-0.15, -0.1) is 0 Å². The maximum absolute atomic E-state index is 11.9. The van der Waals surface area contributed by atoms with Gasteiger partial charge in [0.05, 0.1) is 0 Å². The summed E-state index contributed by atoms with van der Waals surface area (Å²) in [5.74, 6) is -0.266. The fourth-order valence-electron chi connectivity index (χ4n) is 1.64. The lowest BCUT2D eigenvalue weighted by molar-refractivity contribution is 0.101. The van der Waals surface area contributed by atoms with E-state index in [0.29, 0.717) is 16.9 Å². The summed E-state index contributed by atoms with van der Waals surface area (Å²) in [5.41, 5.74) is 2.60. The van der Waals surface area contributed by atoms with Gasteiger partial charge in [0.25, 0.3) is 5.91 Å². The number of carbonyl (C=O) groups is 2. The summed E-state index contributed by atoms with van der Waals surface area (Å²) < 4.78 is 0. The van der Waals surface area contributed by atoms with Crippen molar-refractivity contribution in [1.29, 1.82) is 0 Å². The lowest BCUT2D eigenvalue weighted by Crippen LogP contribution is -2.13. The number of rotatable bonds is 3. The number of nitrogens with zero attached hydrogens (tertiary/aromatic N) is 1. The van der Waals surface area contributed by atoms with Gasteiger partial charge in [-0.25, -0.2) is 0 Å². The number of aryl methyl sites for hydroxylation is 1. The zero-order valence-electron chi connectivity index (χ0n) is 10.8. The van der Waals surface area contributed by atoms with Gasteiger partial charge in [0.15, 0.2) is 5.78 Å². The van der Waals surface area contributed by atoms with Crippen molar-refractivity contribution in [2.24, 2.45) is 0 Å². The summed E-state index contributed by atoms with van der Waals surface area (Å²) in [5, 5.41) is 2.74. The van der Waals surface area contributed by atoms with Crippen LogP contribution in [0.2, 0.25) is 0 Å². The molecular formula is C15H14N2O2. The fraction of sp³-hybridized carbons (Fsp3) is 0.133. The lowest BCUT2D eigenvalue weighted by atomic mass is 10.1. The Morgan fingerprint density at radius 3 is 2.37 bits per heavy atom. The van der Waals surface area contributed by atoms with Gasteiger partial charge in [0.1, 0.15) is 5.69 Å². The molecule has 1 amide bonds. The number of aromatic nitrogens is 1. The number of benzene rings is 1. The Morgan fingerprint density at radius 2 is 1.79 bits per heavy atom. The van der Waals surface area contributed by atoms with Gasteiger partial charge in [-0.3, -0.25) is 14.6 Å². The fourth-order valence-corrected chi connectivity index (χ4v) is 1.64. The largest absolute Gasteiger partial charge is 0.321 e. The first kappa shape index (κ1) is 13.0. The van der Waals surface area contributed by atoms with Gasteiger partial charge in [-0.05, 0) is 55.8 Å². The normalized spacial score (nSPS) is 10.0. The molecule has 19 heavy (non-hydrogen) atoms. The molecule has 0 aliphatic rings. The van der Waals surface area contributed by atoms with E-state index in [-0.39, 0.29) is 11.7 Å². The molecule has 0 spiro atoms. The van der Waals surface area contributed by atoms with E-state index in [1.165, 1.54) is 6.92 Å². The molecule has 0 aliphatic carbocycles. The van der Waals surface area contributed by atoms with Crippen molar-refractivity contribution >= 4 is 17.4 Å². The molecule has 4 heteroatoms. The van der Waals surface area contributed by atoms with E-state index in [1.807, 2.05) is 13.0 Å². The topological polar surface area (TPSA) is 59.1 Å². The minimum Gasteiger partial charge on any atom is -0.321 e. The molecule has 0 saturated carbocycles. The number of nitrogens with one attached hydrogen (secondary N) is 1. The van der Waals surface area contributed by atoms with E-state index < -0.39 is 0 Å². The number of hydrogen-bond acceptors (Lipinski definition) is 3. The predicted octanol–water partition coefficient (Wildman–Crippen LogP) is 2.84. The first-order valence-corrected chi connectivity index (χ1v) is 5.91. The third-order valence-corrected chi connectivity index (χ3v) is 2.70. The number of ketones is 1. The Bertz CT molecular complexity index is 618. The highest BCUT2D eigenvalue weighted by Gasteiger charge is 2.07. The SMILES string of the molecule is CC(=O)c1ccc(NC(=O)c2cc(C)ccn2)cc1. The molecule has 1 heterocycles. The number of Topliss-reactive ketones (excluding diaryl/α,β-unsaturated/α-hetero) is 1. The van der Waals surface area contributed by atoms with Crippen molar-refractivity contribution < 1.29 is 9.59 Å². The van der Waals surface area contributed by atoms with Crippen molar-refractivity contribution in [2.45, 2.75) is 13.8 Å². The number of anilines is 1. The quantitative estimate of drug-likeness (QED) is 0.857. The second-order valence-corrected chi connectivity index (χ2v) is 4.31. The van der Waals surface area contributed by atoms with E-state index >= 15 is 0 Å². The monoisotopic (exact) mass is 254 g/mol. The Morgan fingerprint density at radius 1 is 1.11 bits per heavy atom. The van der Waals surface area contributed by atoms with Crippen LogP contribution in [0.1, 0.15) is 33.3 Å². The summed E-state index contributed by atoms with van der Waals surface area (Å²) in [6.07, 6.45) is 1.60. The van der Waals surface area contributed by atoms with Crippen molar-refractivity contribution in [3.63, 3.8) is 0 Å². The summed E-state index contributed by atoms with van der Waals surface area (Å²) in [6.45, 7) is 3.41. The zero-order chi connectivity index (χ0) is 13.8. The predicted molar refractivity (Wildman–Crippen MR) is 73.4 cm³/mol. The third-order valence-electron chi connectivity index (χ3n) is 2.70. The summed E-state index contributed by atoms with van der Waals surface area (Å²) in [7, 11) is 0. The molecule has 0 unspecified atom stereocenters. The standard InChI is InChI=1S/C15H14N2O2/c1-10-7-8-16-14(9-10)15(19)17-13-5-3-12(4-6-13)11(2)18/h3-9H,1-2H3,(H,17,19). The molecule has 0 saturated heterocycles. The second kappa shape index (κ2) is 5.44. The highest BCUT2D eigenvalue weighted by atomic mass is 16.2. The van der Waals surface area contributed by atoms with Crippen molar-refractivity contribution in [3.05, 3.63) is 59.4 Å². The summed E-state index contributed by atoms with van der Waals surface area (Å²) >= 11 is 0. The second-order valence-electron chi connectivity index (χ2n) is 4.31. The van der Waals surface area contributed by atoms with Gasteiger partial charge in [0, 0.05) is 17.4 Å². The minimum atomic E-state index is -0.265. The van der Waals surface area contributed by atoms with E-state index in [9.17, 15) is 9.59 Å². The Balaban J connectivity index is 2.13. The van der Waals surface area contributed by atoms with Gasteiger partial charge in [0.2, 0.25) is 0 Å². The average Bonchev–Trinajstić information content (AvgIpc) is 2.39. The number of pyridine rings is 1. The summed E-state index contributed by atoms with van der Waals surface area (Å²) in [6, 6.07) is 10.3. The number of hydrogen-bond donors (Lipinski definition) is 1. The van der Waals surface area contributed by atoms with Crippen LogP contribution < -0.4 is 5.32 Å². The van der Waals surface area contributed by atoms with Crippen molar-refractivity contribution in [3.8, 4) is 0 Å². The molecule has 1 aromatic heterocycles. The molecule has 0 atom stereocenters. The smallest absolute Gasteiger partial charge is 0.274 e. The third kappa shape index (κ3) is 3.25. The van der Waals surface area contributed by atoms with Crippen LogP contribution in [0.15, 0.2) is 42.6 Å². The number of carbonyl (C=O) groups excluding carboxylic acids is 2. The van der Waals surface area contributed by atoms with Crippen LogP contribution in [0.3, 0.4) is 0 Å². The van der Waals surface area contributed by atoms with E-state index in [4.69, 9.17) is 0 Å². The van der Waals surface area contributed by atoms with Crippen molar-refractivity contribution in [2.75, 3.05) is 5.32 Å². The van der Waals surface area contributed by atoms with E-state index in [1.54, 1.807) is 36.5 Å². The van der Waals surface area contributed by atoms with Crippen LogP contribution in [-0.2, 0) is 0 Å². The van der Waals surface area contributed by atoms with Crippen LogP contribution in [0.4, 0.5) is 5.69 Å². The molecule has 2 rings (SSSR count). The van der Waals surface area contributed by atoms with Crippen LogP contribution >= 0.6 is 0 Å². The van der Waals surface area contributed by atoms with Crippen molar-refractivity contribution in [1.82, 2.24) is 4.98 Å². The van der Waals surface area contributed by atoms with Gasteiger partial charge in [-0.1, -0.05) is 0 Å². The minimum absolute atomic E-state index is 0.00164.